The third-order valence-electron chi connectivity index (χ3n) is 3.25. The van der Waals surface area contributed by atoms with Gasteiger partial charge in [0.1, 0.15) is 0 Å². The van der Waals surface area contributed by atoms with Gasteiger partial charge in [-0.05, 0) is 38.1 Å². The van der Waals surface area contributed by atoms with Crippen molar-refractivity contribution in [2.75, 3.05) is 25.0 Å². The molecule has 6 heteroatoms. The molecule has 0 aromatic heterocycles. The van der Waals surface area contributed by atoms with Crippen LogP contribution < -0.4 is 16.0 Å². The summed E-state index contributed by atoms with van der Waals surface area (Å²) in [6.45, 7) is 4.25. The molecule has 1 unspecified atom stereocenters. The molecule has 0 spiro atoms. The quantitative estimate of drug-likeness (QED) is 0.800. The van der Waals surface area contributed by atoms with E-state index in [-0.39, 0.29) is 18.0 Å². The summed E-state index contributed by atoms with van der Waals surface area (Å²) in [4.78, 5) is 11.8. The first kappa shape index (κ1) is 14.6. The fourth-order valence-electron chi connectivity index (χ4n) is 2.04. The normalized spacial score (nSPS) is 22.5. The van der Waals surface area contributed by atoms with Gasteiger partial charge in [-0.2, -0.15) is 0 Å². The molecule has 2 rings (SSSR count). The Kier molecular flexibility index (Phi) is 4.68. The number of amides is 1. The van der Waals surface area contributed by atoms with E-state index in [4.69, 9.17) is 23.2 Å². The molecule has 1 heterocycles. The van der Waals surface area contributed by atoms with Gasteiger partial charge in [-0.3, -0.25) is 4.79 Å². The number of carbonyl (C=O) groups excluding carboxylic acids is 1. The fourth-order valence-corrected chi connectivity index (χ4v) is 2.34. The predicted octanol–water partition coefficient (Wildman–Crippen LogP) is 2.27. The molecule has 1 aromatic rings. The average molecular weight is 302 g/mol. The monoisotopic (exact) mass is 301 g/mol. The van der Waals surface area contributed by atoms with Crippen molar-refractivity contribution in [3.05, 3.63) is 28.2 Å². The second-order valence-corrected chi connectivity index (χ2v) is 5.83. The summed E-state index contributed by atoms with van der Waals surface area (Å²) in [6, 6.07) is 5.03. The summed E-state index contributed by atoms with van der Waals surface area (Å²) in [6.07, 6.45) is 1.02. The highest BCUT2D eigenvalue weighted by Crippen LogP contribution is 2.24. The molecule has 1 amide bonds. The van der Waals surface area contributed by atoms with Crippen LogP contribution in [0.25, 0.3) is 0 Å². The minimum atomic E-state index is -0.0912. The number of nitrogens with one attached hydrogen (secondary N) is 3. The molecule has 1 saturated heterocycles. The first-order valence-electron chi connectivity index (χ1n) is 6.19. The van der Waals surface area contributed by atoms with Crippen LogP contribution in [-0.4, -0.2) is 31.1 Å². The van der Waals surface area contributed by atoms with Gasteiger partial charge in [-0.1, -0.05) is 23.2 Å². The van der Waals surface area contributed by atoms with Gasteiger partial charge in [0.25, 0.3) is 0 Å². The van der Waals surface area contributed by atoms with E-state index in [2.05, 4.69) is 22.9 Å². The predicted molar refractivity (Wildman–Crippen MR) is 79.0 cm³/mol. The van der Waals surface area contributed by atoms with E-state index in [1.807, 2.05) is 0 Å². The van der Waals surface area contributed by atoms with Crippen LogP contribution in [0, 0.1) is 0 Å². The number of hydrogen-bond acceptors (Lipinski definition) is 3. The maximum Gasteiger partial charge on any atom is 0.238 e. The Morgan fingerprint density at radius 2 is 2.21 bits per heavy atom. The molecule has 1 aliphatic heterocycles. The number of benzene rings is 1. The molecule has 0 saturated carbocycles. The Hall–Kier alpha value is -0.810. The lowest BCUT2D eigenvalue weighted by Crippen LogP contribution is -2.47. The summed E-state index contributed by atoms with van der Waals surface area (Å²) in [7, 11) is 0. The van der Waals surface area contributed by atoms with Gasteiger partial charge < -0.3 is 16.0 Å². The van der Waals surface area contributed by atoms with Crippen LogP contribution in [0.4, 0.5) is 5.69 Å². The lowest BCUT2D eigenvalue weighted by molar-refractivity contribution is -0.115. The van der Waals surface area contributed by atoms with Crippen molar-refractivity contribution in [2.24, 2.45) is 0 Å². The third-order valence-corrected chi connectivity index (χ3v) is 3.99. The number of rotatable bonds is 4. The summed E-state index contributed by atoms with van der Waals surface area (Å²) in [5.41, 5.74) is 0.644. The zero-order valence-electron chi connectivity index (χ0n) is 10.7. The van der Waals surface area contributed by atoms with Crippen molar-refractivity contribution in [1.82, 2.24) is 10.6 Å². The molecule has 0 bridgehead atoms. The van der Waals surface area contributed by atoms with E-state index in [1.54, 1.807) is 18.2 Å². The van der Waals surface area contributed by atoms with Crippen LogP contribution >= 0.6 is 23.2 Å². The molecular formula is C13H17Cl2N3O. The Bertz CT molecular complexity index is 473. The molecule has 1 aromatic carbocycles. The number of carbonyl (C=O) groups is 1. The Morgan fingerprint density at radius 3 is 2.84 bits per heavy atom. The molecule has 19 heavy (non-hydrogen) atoms. The molecular weight excluding hydrogens is 285 g/mol. The van der Waals surface area contributed by atoms with Crippen LogP contribution in [0.1, 0.15) is 13.3 Å². The van der Waals surface area contributed by atoms with Gasteiger partial charge in [0.05, 0.1) is 16.6 Å². The lowest BCUT2D eigenvalue weighted by atomic mass is 10.0. The molecule has 1 fully saturated rings. The zero-order valence-corrected chi connectivity index (χ0v) is 12.2. The standard InChI is InChI=1S/C13H17Cl2N3O/c1-13(4-5-16-8-13)17-7-12(19)18-9-2-3-10(14)11(15)6-9/h2-3,6,16-17H,4-5,7-8H2,1H3,(H,18,19). The van der Waals surface area contributed by atoms with E-state index >= 15 is 0 Å². The highest BCUT2D eigenvalue weighted by Gasteiger charge is 2.28. The van der Waals surface area contributed by atoms with Crippen LogP contribution in [-0.2, 0) is 4.79 Å². The van der Waals surface area contributed by atoms with Crippen molar-refractivity contribution in [2.45, 2.75) is 18.9 Å². The van der Waals surface area contributed by atoms with E-state index in [0.29, 0.717) is 15.7 Å². The maximum absolute atomic E-state index is 11.8. The van der Waals surface area contributed by atoms with Crippen LogP contribution in [0.3, 0.4) is 0 Å². The lowest BCUT2D eigenvalue weighted by Gasteiger charge is -2.24. The van der Waals surface area contributed by atoms with E-state index in [1.165, 1.54) is 0 Å². The van der Waals surface area contributed by atoms with Gasteiger partial charge in [0.15, 0.2) is 0 Å². The summed E-state index contributed by atoms with van der Waals surface area (Å²) < 4.78 is 0. The summed E-state index contributed by atoms with van der Waals surface area (Å²) in [5.74, 6) is -0.0912. The highest BCUT2D eigenvalue weighted by atomic mass is 35.5. The van der Waals surface area contributed by atoms with Crippen LogP contribution in [0.2, 0.25) is 10.0 Å². The van der Waals surface area contributed by atoms with E-state index < -0.39 is 0 Å². The van der Waals surface area contributed by atoms with Crippen molar-refractivity contribution in [3.63, 3.8) is 0 Å². The number of hydrogen-bond donors (Lipinski definition) is 3. The molecule has 0 radical (unpaired) electrons. The first-order chi connectivity index (χ1) is 8.98. The molecule has 4 nitrogen and oxygen atoms in total. The first-order valence-corrected chi connectivity index (χ1v) is 6.95. The van der Waals surface area contributed by atoms with Gasteiger partial charge >= 0.3 is 0 Å². The summed E-state index contributed by atoms with van der Waals surface area (Å²) >= 11 is 11.7. The van der Waals surface area contributed by atoms with Gasteiger partial charge in [0, 0.05) is 17.8 Å². The van der Waals surface area contributed by atoms with Gasteiger partial charge in [-0.15, -0.1) is 0 Å². The minimum Gasteiger partial charge on any atom is -0.325 e. The van der Waals surface area contributed by atoms with Crippen molar-refractivity contribution in [3.8, 4) is 0 Å². The second kappa shape index (κ2) is 6.09. The average Bonchev–Trinajstić information content (AvgIpc) is 2.79. The topological polar surface area (TPSA) is 53.2 Å². The molecule has 104 valence electrons. The van der Waals surface area contributed by atoms with Crippen molar-refractivity contribution < 1.29 is 4.79 Å². The maximum atomic E-state index is 11.8. The summed E-state index contributed by atoms with van der Waals surface area (Å²) in [5, 5.41) is 10.2. The highest BCUT2D eigenvalue weighted by molar-refractivity contribution is 6.42. The number of halogens is 2. The smallest absolute Gasteiger partial charge is 0.238 e. The Labute approximate surface area is 122 Å². The minimum absolute atomic E-state index is 0.00498. The Balaban J connectivity index is 1.85. The molecule has 1 aliphatic rings. The Morgan fingerprint density at radius 1 is 1.42 bits per heavy atom. The second-order valence-electron chi connectivity index (χ2n) is 5.02. The van der Waals surface area contributed by atoms with Crippen LogP contribution in [0.5, 0.6) is 0 Å². The number of anilines is 1. The molecule has 1 atom stereocenters. The fraction of sp³-hybridized carbons (Fsp3) is 0.462. The largest absolute Gasteiger partial charge is 0.325 e. The SMILES string of the molecule is CC1(NCC(=O)Nc2ccc(Cl)c(Cl)c2)CCNC1. The van der Waals surface area contributed by atoms with Crippen molar-refractivity contribution in [1.29, 1.82) is 0 Å². The van der Waals surface area contributed by atoms with Crippen molar-refractivity contribution >= 4 is 34.8 Å². The van der Waals surface area contributed by atoms with E-state index in [0.717, 1.165) is 19.5 Å². The molecule has 0 aliphatic carbocycles. The zero-order chi connectivity index (χ0) is 13.9. The van der Waals surface area contributed by atoms with Gasteiger partial charge in [-0.25, -0.2) is 0 Å². The third kappa shape index (κ3) is 4.08. The molecule has 3 N–H and O–H groups in total. The van der Waals surface area contributed by atoms with Crippen LogP contribution in [0.15, 0.2) is 18.2 Å². The van der Waals surface area contributed by atoms with E-state index in [9.17, 15) is 4.79 Å². The van der Waals surface area contributed by atoms with Gasteiger partial charge in [0.2, 0.25) is 5.91 Å².